The molecule has 0 aliphatic heterocycles. The number of hydrogen-bond donors (Lipinski definition) is 2. The molecule has 0 amide bonds. The van der Waals surface area contributed by atoms with E-state index in [1.54, 1.807) is 12.1 Å². The van der Waals surface area contributed by atoms with E-state index in [1.807, 2.05) is 12.1 Å². The van der Waals surface area contributed by atoms with Crippen molar-refractivity contribution < 1.29 is 5.11 Å². The van der Waals surface area contributed by atoms with Crippen LogP contribution in [0.1, 0.15) is 31.4 Å². The summed E-state index contributed by atoms with van der Waals surface area (Å²) in [6, 6.07) is 9.16. The highest BCUT2D eigenvalue weighted by Crippen LogP contribution is 2.12. The van der Waals surface area contributed by atoms with Crippen molar-refractivity contribution in [2.45, 2.75) is 38.8 Å². The molecule has 1 aromatic carbocycles. The van der Waals surface area contributed by atoms with Crippen LogP contribution in [-0.2, 0) is 6.42 Å². The summed E-state index contributed by atoms with van der Waals surface area (Å²) in [6.07, 6.45) is 0.891. The maximum atomic E-state index is 9.87. The van der Waals surface area contributed by atoms with E-state index in [-0.39, 0.29) is 6.04 Å². The Bertz CT molecular complexity index is 378. The van der Waals surface area contributed by atoms with Gasteiger partial charge in [-0.25, -0.2) is 0 Å². The molecule has 0 aliphatic carbocycles. The van der Waals surface area contributed by atoms with Crippen LogP contribution in [0.15, 0.2) is 24.3 Å². The van der Waals surface area contributed by atoms with Crippen LogP contribution in [0, 0.1) is 17.2 Å². The van der Waals surface area contributed by atoms with Crippen LogP contribution < -0.4 is 5.73 Å². The third kappa shape index (κ3) is 4.56. The summed E-state index contributed by atoms with van der Waals surface area (Å²) >= 11 is 0. The van der Waals surface area contributed by atoms with Crippen molar-refractivity contribution in [2.75, 3.05) is 0 Å². The van der Waals surface area contributed by atoms with Crippen LogP contribution in [0.2, 0.25) is 0 Å². The van der Waals surface area contributed by atoms with Gasteiger partial charge < -0.3 is 10.8 Å². The third-order valence-electron chi connectivity index (χ3n) is 2.76. The first-order chi connectivity index (χ1) is 8.02. The van der Waals surface area contributed by atoms with Crippen LogP contribution >= 0.6 is 0 Å². The smallest absolute Gasteiger partial charge is 0.0991 e. The van der Waals surface area contributed by atoms with Crippen LogP contribution in [0.3, 0.4) is 0 Å². The Morgan fingerprint density at radius 3 is 2.35 bits per heavy atom. The van der Waals surface area contributed by atoms with Crippen molar-refractivity contribution in [3.05, 3.63) is 35.4 Å². The Labute approximate surface area is 103 Å². The predicted octanol–water partition coefficient (Wildman–Crippen LogP) is 1.84. The van der Waals surface area contributed by atoms with Gasteiger partial charge in [0.15, 0.2) is 0 Å². The van der Waals surface area contributed by atoms with Gasteiger partial charge in [0.1, 0.15) is 0 Å². The number of benzene rings is 1. The molecular formula is C14H20N2O. The summed E-state index contributed by atoms with van der Waals surface area (Å²) in [5.41, 5.74) is 7.65. The van der Waals surface area contributed by atoms with Crippen LogP contribution in [-0.4, -0.2) is 17.3 Å². The molecule has 2 atom stereocenters. The van der Waals surface area contributed by atoms with Crippen LogP contribution in [0.4, 0.5) is 0 Å². The molecule has 1 aromatic rings. The summed E-state index contributed by atoms with van der Waals surface area (Å²) in [5.74, 6) is 0.442. The molecule has 3 N–H and O–H groups in total. The van der Waals surface area contributed by atoms with E-state index in [2.05, 4.69) is 19.9 Å². The zero-order valence-corrected chi connectivity index (χ0v) is 10.4. The van der Waals surface area contributed by atoms with E-state index in [9.17, 15) is 5.11 Å². The molecule has 1 rings (SSSR count). The van der Waals surface area contributed by atoms with Gasteiger partial charge in [0.2, 0.25) is 0 Å². The number of nitriles is 1. The molecule has 0 saturated carbocycles. The number of aliphatic hydroxyl groups is 1. The van der Waals surface area contributed by atoms with Gasteiger partial charge >= 0.3 is 0 Å². The quantitative estimate of drug-likeness (QED) is 0.813. The molecule has 0 aliphatic rings. The van der Waals surface area contributed by atoms with Crippen molar-refractivity contribution >= 4 is 0 Å². The van der Waals surface area contributed by atoms with Gasteiger partial charge in [-0.2, -0.15) is 5.26 Å². The highest BCUT2D eigenvalue weighted by Gasteiger charge is 2.16. The summed E-state index contributed by atoms with van der Waals surface area (Å²) in [6.45, 7) is 4.13. The molecule has 3 heteroatoms. The minimum absolute atomic E-state index is 0.245. The summed E-state index contributed by atoms with van der Waals surface area (Å²) in [7, 11) is 0. The number of hydrogen-bond acceptors (Lipinski definition) is 3. The SMILES string of the molecule is CC(C)CC(O)C(N)Cc1ccc(C#N)cc1. The lowest BCUT2D eigenvalue weighted by atomic mass is 9.95. The topological polar surface area (TPSA) is 70.0 Å². The fourth-order valence-electron chi connectivity index (χ4n) is 1.78. The molecule has 0 saturated heterocycles. The van der Waals surface area contributed by atoms with Gasteiger partial charge in [-0.1, -0.05) is 26.0 Å². The first kappa shape index (κ1) is 13.7. The van der Waals surface area contributed by atoms with E-state index in [4.69, 9.17) is 11.0 Å². The van der Waals surface area contributed by atoms with Gasteiger partial charge in [0, 0.05) is 6.04 Å². The standard InChI is InChI=1S/C14H20N2O/c1-10(2)7-14(17)13(16)8-11-3-5-12(9-15)6-4-11/h3-6,10,13-14,17H,7-8,16H2,1-2H3. The second kappa shape index (κ2) is 6.39. The minimum Gasteiger partial charge on any atom is -0.391 e. The molecule has 0 aromatic heterocycles. The molecular weight excluding hydrogens is 212 g/mol. The van der Waals surface area contributed by atoms with Crippen molar-refractivity contribution in [2.24, 2.45) is 11.7 Å². The van der Waals surface area contributed by atoms with Crippen molar-refractivity contribution in [1.29, 1.82) is 5.26 Å². The van der Waals surface area contributed by atoms with Crippen molar-refractivity contribution in [3.8, 4) is 6.07 Å². The van der Waals surface area contributed by atoms with Crippen LogP contribution in [0.25, 0.3) is 0 Å². The second-order valence-corrected chi connectivity index (χ2v) is 4.87. The summed E-state index contributed by atoms with van der Waals surface area (Å²) < 4.78 is 0. The Hall–Kier alpha value is -1.37. The zero-order valence-electron chi connectivity index (χ0n) is 10.4. The number of nitrogens with two attached hydrogens (primary N) is 1. The second-order valence-electron chi connectivity index (χ2n) is 4.87. The molecule has 92 valence electrons. The van der Waals surface area contributed by atoms with Gasteiger partial charge in [0.05, 0.1) is 17.7 Å². The maximum Gasteiger partial charge on any atom is 0.0991 e. The van der Waals surface area contributed by atoms with E-state index in [0.717, 1.165) is 12.0 Å². The first-order valence-corrected chi connectivity index (χ1v) is 5.95. The molecule has 2 unspecified atom stereocenters. The summed E-state index contributed by atoms with van der Waals surface area (Å²) in [5, 5.41) is 18.6. The number of aliphatic hydroxyl groups excluding tert-OH is 1. The summed E-state index contributed by atoms with van der Waals surface area (Å²) in [4.78, 5) is 0. The Morgan fingerprint density at radius 1 is 1.29 bits per heavy atom. The highest BCUT2D eigenvalue weighted by atomic mass is 16.3. The van der Waals surface area contributed by atoms with E-state index < -0.39 is 6.10 Å². The minimum atomic E-state index is -0.467. The normalized spacial score (nSPS) is 14.4. The molecule has 0 heterocycles. The van der Waals surface area contributed by atoms with Gasteiger partial charge in [-0.3, -0.25) is 0 Å². The lowest BCUT2D eigenvalue weighted by molar-refractivity contribution is 0.120. The lowest BCUT2D eigenvalue weighted by Gasteiger charge is -2.20. The van der Waals surface area contributed by atoms with Gasteiger partial charge in [0.25, 0.3) is 0 Å². The van der Waals surface area contributed by atoms with Crippen molar-refractivity contribution in [1.82, 2.24) is 0 Å². The fourth-order valence-corrected chi connectivity index (χ4v) is 1.78. The maximum absolute atomic E-state index is 9.87. The largest absolute Gasteiger partial charge is 0.391 e. The fraction of sp³-hybridized carbons (Fsp3) is 0.500. The van der Waals surface area contributed by atoms with Crippen molar-refractivity contribution in [3.63, 3.8) is 0 Å². The molecule has 17 heavy (non-hydrogen) atoms. The highest BCUT2D eigenvalue weighted by molar-refractivity contribution is 5.31. The molecule has 0 bridgehead atoms. The van der Waals surface area contributed by atoms with Gasteiger partial charge in [-0.05, 0) is 36.5 Å². The zero-order chi connectivity index (χ0) is 12.8. The number of nitrogens with zero attached hydrogens (tertiary/aromatic N) is 1. The van der Waals surface area contributed by atoms with E-state index in [0.29, 0.717) is 17.9 Å². The average Bonchev–Trinajstić information content (AvgIpc) is 2.29. The Kier molecular flexibility index (Phi) is 5.14. The first-order valence-electron chi connectivity index (χ1n) is 5.95. The molecule has 0 radical (unpaired) electrons. The van der Waals surface area contributed by atoms with Gasteiger partial charge in [-0.15, -0.1) is 0 Å². The molecule has 3 nitrogen and oxygen atoms in total. The van der Waals surface area contributed by atoms with Crippen LogP contribution in [0.5, 0.6) is 0 Å². The third-order valence-corrected chi connectivity index (χ3v) is 2.76. The molecule has 0 fully saturated rings. The average molecular weight is 232 g/mol. The lowest BCUT2D eigenvalue weighted by Crippen LogP contribution is -2.37. The van der Waals surface area contributed by atoms with E-state index in [1.165, 1.54) is 0 Å². The predicted molar refractivity (Wildman–Crippen MR) is 68.3 cm³/mol. The number of rotatable bonds is 5. The Balaban J connectivity index is 2.55. The Morgan fingerprint density at radius 2 is 1.88 bits per heavy atom. The van der Waals surface area contributed by atoms with E-state index >= 15 is 0 Å². The molecule has 0 spiro atoms. The monoisotopic (exact) mass is 232 g/mol.